The van der Waals surface area contributed by atoms with Gasteiger partial charge in [0.15, 0.2) is 6.10 Å². The normalized spacial score (nSPS) is 23.8. The zero-order valence-corrected chi connectivity index (χ0v) is 16.2. The van der Waals surface area contributed by atoms with E-state index < -0.39 is 12.0 Å². The molecule has 2 amide bonds. The lowest BCUT2D eigenvalue weighted by atomic mass is 9.93. The lowest BCUT2D eigenvalue weighted by Crippen LogP contribution is -2.40. The molecule has 0 aliphatic carbocycles. The summed E-state index contributed by atoms with van der Waals surface area (Å²) in [6.45, 7) is 2.08. The Balaban J connectivity index is 1.51. The number of carbonyl (C=O) groups is 2. The molecule has 2 saturated heterocycles. The molecule has 0 N–H and O–H groups in total. The number of rotatable bonds is 4. The number of carbonyl (C=O) groups excluding carboxylic acids is 2. The predicted octanol–water partition coefficient (Wildman–Crippen LogP) is 4.32. The second-order valence-electron chi connectivity index (χ2n) is 7.61. The third-order valence-electron chi connectivity index (χ3n) is 5.82. The first-order chi connectivity index (χ1) is 14.2. The highest BCUT2D eigenvalue weighted by Gasteiger charge is 2.59. The number of imide groups is 1. The van der Waals surface area contributed by atoms with Gasteiger partial charge in [-0.2, -0.15) is 0 Å². The fourth-order valence-electron chi connectivity index (χ4n) is 4.48. The van der Waals surface area contributed by atoms with Gasteiger partial charge in [0.05, 0.1) is 23.3 Å². The monoisotopic (exact) mass is 386 g/mol. The SMILES string of the molecule is CCC[C@@H]1[C@H]2C(=O)N(c3ccc4ccccc4c3)C(=O)[C@H]2ON1c1ccccc1. The number of anilines is 2. The van der Waals surface area contributed by atoms with E-state index >= 15 is 0 Å². The molecule has 3 aromatic carbocycles. The van der Waals surface area contributed by atoms with Crippen LogP contribution in [0.5, 0.6) is 0 Å². The van der Waals surface area contributed by atoms with E-state index in [1.165, 1.54) is 4.90 Å². The van der Waals surface area contributed by atoms with Crippen LogP contribution in [0.3, 0.4) is 0 Å². The first-order valence-corrected chi connectivity index (χ1v) is 10.1. The molecule has 0 bridgehead atoms. The summed E-state index contributed by atoms with van der Waals surface area (Å²) < 4.78 is 0. The Kier molecular flexibility index (Phi) is 4.32. The van der Waals surface area contributed by atoms with Crippen LogP contribution >= 0.6 is 0 Å². The molecule has 2 aliphatic rings. The van der Waals surface area contributed by atoms with Crippen LogP contribution in [0, 0.1) is 5.92 Å². The molecule has 2 aliphatic heterocycles. The molecular formula is C24H22N2O3. The van der Waals surface area contributed by atoms with Crippen molar-refractivity contribution < 1.29 is 14.4 Å². The van der Waals surface area contributed by atoms with Gasteiger partial charge in [-0.25, -0.2) is 9.96 Å². The Bertz CT molecular complexity index is 1080. The maximum atomic E-state index is 13.4. The topological polar surface area (TPSA) is 49.9 Å². The molecule has 5 nitrogen and oxygen atoms in total. The van der Waals surface area contributed by atoms with Gasteiger partial charge in [-0.3, -0.25) is 14.4 Å². The fourth-order valence-corrected chi connectivity index (χ4v) is 4.48. The molecule has 0 saturated carbocycles. The number of benzene rings is 3. The van der Waals surface area contributed by atoms with E-state index in [1.807, 2.05) is 72.8 Å². The van der Waals surface area contributed by atoms with Crippen LogP contribution in [0.2, 0.25) is 0 Å². The Morgan fingerprint density at radius 3 is 2.31 bits per heavy atom. The first-order valence-electron chi connectivity index (χ1n) is 10.1. The Labute approximate surface area is 169 Å². The molecule has 0 aromatic heterocycles. The van der Waals surface area contributed by atoms with E-state index in [9.17, 15) is 9.59 Å². The Morgan fingerprint density at radius 2 is 1.55 bits per heavy atom. The van der Waals surface area contributed by atoms with Crippen LogP contribution in [-0.4, -0.2) is 24.0 Å². The number of hydrogen-bond donors (Lipinski definition) is 0. The number of nitrogens with zero attached hydrogens (tertiary/aromatic N) is 2. The molecule has 5 rings (SSSR count). The molecular weight excluding hydrogens is 364 g/mol. The number of fused-ring (bicyclic) bond motifs is 2. The number of hydrogen-bond acceptors (Lipinski definition) is 4. The van der Waals surface area contributed by atoms with Gasteiger partial charge in [0.2, 0.25) is 5.91 Å². The van der Waals surface area contributed by atoms with E-state index in [-0.39, 0.29) is 17.9 Å². The van der Waals surface area contributed by atoms with E-state index in [0.29, 0.717) is 5.69 Å². The van der Waals surface area contributed by atoms with Crippen LogP contribution in [0.4, 0.5) is 11.4 Å². The molecule has 3 aromatic rings. The van der Waals surface area contributed by atoms with Crippen molar-refractivity contribution in [1.29, 1.82) is 0 Å². The van der Waals surface area contributed by atoms with Crippen molar-refractivity contribution in [3.8, 4) is 0 Å². The third-order valence-corrected chi connectivity index (χ3v) is 5.82. The highest BCUT2D eigenvalue weighted by Crippen LogP contribution is 2.42. The fraction of sp³-hybridized carbons (Fsp3) is 0.250. The van der Waals surface area contributed by atoms with Crippen LogP contribution in [0.15, 0.2) is 72.8 Å². The summed E-state index contributed by atoms with van der Waals surface area (Å²) in [7, 11) is 0. The van der Waals surface area contributed by atoms with Gasteiger partial charge in [0.25, 0.3) is 5.91 Å². The van der Waals surface area contributed by atoms with E-state index in [1.54, 1.807) is 5.06 Å². The second kappa shape index (κ2) is 7.01. The number of amides is 2. The van der Waals surface area contributed by atoms with Crippen molar-refractivity contribution in [2.75, 3.05) is 9.96 Å². The van der Waals surface area contributed by atoms with Gasteiger partial charge in [-0.1, -0.05) is 61.9 Å². The van der Waals surface area contributed by atoms with Gasteiger partial charge < -0.3 is 0 Å². The molecule has 0 spiro atoms. The smallest absolute Gasteiger partial charge is 0.266 e. The summed E-state index contributed by atoms with van der Waals surface area (Å²) in [5, 5.41) is 3.84. The van der Waals surface area contributed by atoms with Crippen LogP contribution in [0.25, 0.3) is 10.8 Å². The van der Waals surface area contributed by atoms with Gasteiger partial charge in [0, 0.05) is 0 Å². The average Bonchev–Trinajstić information content (AvgIpc) is 3.24. The van der Waals surface area contributed by atoms with Crippen molar-refractivity contribution in [1.82, 2.24) is 0 Å². The largest absolute Gasteiger partial charge is 0.273 e. The van der Waals surface area contributed by atoms with Gasteiger partial charge in [0.1, 0.15) is 0 Å². The summed E-state index contributed by atoms with van der Waals surface area (Å²) in [6, 6.07) is 23.1. The minimum Gasteiger partial charge on any atom is -0.273 e. The molecule has 29 heavy (non-hydrogen) atoms. The predicted molar refractivity (Wildman–Crippen MR) is 112 cm³/mol. The van der Waals surface area contributed by atoms with Crippen LogP contribution < -0.4 is 9.96 Å². The standard InChI is InChI=1S/C24H22N2O3/c1-2-8-20-21-22(29-26(20)18-11-4-3-5-12-18)24(28)25(23(21)27)19-14-13-16-9-6-7-10-17(16)15-19/h3-7,9-15,20-22H,2,8H2,1H3/t20-,21-,22+/m1/s1. The molecule has 2 heterocycles. The van der Waals surface area contributed by atoms with Crippen LogP contribution in [0.1, 0.15) is 19.8 Å². The summed E-state index contributed by atoms with van der Waals surface area (Å²) in [5.41, 5.74) is 1.48. The quantitative estimate of drug-likeness (QED) is 0.627. The lowest BCUT2D eigenvalue weighted by Gasteiger charge is -2.28. The summed E-state index contributed by atoms with van der Waals surface area (Å²) in [5.74, 6) is -0.948. The van der Waals surface area contributed by atoms with Crippen molar-refractivity contribution in [2.45, 2.75) is 31.9 Å². The van der Waals surface area contributed by atoms with E-state index in [2.05, 4.69) is 6.92 Å². The van der Waals surface area contributed by atoms with Crippen LogP contribution in [-0.2, 0) is 14.4 Å². The zero-order chi connectivity index (χ0) is 20.0. The zero-order valence-electron chi connectivity index (χ0n) is 16.2. The maximum absolute atomic E-state index is 13.4. The summed E-state index contributed by atoms with van der Waals surface area (Å²) >= 11 is 0. The van der Waals surface area contributed by atoms with E-state index in [4.69, 9.17) is 4.84 Å². The molecule has 0 unspecified atom stereocenters. The molecule has 3 atom stereocenters. The Hall–Kier alpha value is -3.18. The van der Waals surface area contributed by atoms with Gasteiger partial charge in [-0.05, 0) is 41.5 Å². The maximum Gasteiger partial charge on any atom is 0.266 e. The molecule has 2 fully saturated rings. The third kappa shape index (κ3) is 2.81. The highest BCUT2D eigenvalue weighted by molar-refractivity contribution is 6.24. The summed E-state index contributed by atoms with van der Waals surface area (Å²) in [6.07, 6.45) is 0.907. The van der Waals surface area contributed by atoms with Gasteiger partial charge >= 0.3 is 0 Å². The van der Waals surface area contributed by atoms with Gasteiger partial charge in [-0.15, -0.1) is 0 Å². The van der Waals surface area contributed by atoms with E-state index in [0.717, 1.165) is 29.3 Å². The molecule has 146 valence electrons. The number of para-hydroxylation sites is 1. The van der Waals surface area contributed by atoms with Crippen molar-refractivity contribution in [2.24, 2.45) is 5.92 Å². The lowest BCUT2D eigenvalue weighted by molar-refractivity contribution is -0.126. The van der Waals surface area contributed by atoms with Crippen molar-refractivity contribution in [3.05, 3.63) is 72.8 Å². The molecule has 5 heteroatoms. The summed E-state index contributed by atoms with van der Waals surface area (Å²) in [4.78, 5) is 34.0. The minimum atomic E-state index is -0.772. The molecule has 0 radical (unpaired) electrons. The Morgan fingerprint density at radius 1 is 0.828 bits per heavy atom. The second-order valence-corrected chi connectivity index (χ2v) is 7.61. The highest BCUT2D eigenvalue weighted by atomic mass is 16.7. The van der Waals surface area contributed by atoms with Crippen molar-refractivity contribution in [3.63, 3.8) is 0 Å². The average molecular weight is 386 g/mol. The minimum absolute atomic E-state index is 0.158. The first kappa shape index (κ1) is 17.9. The number of hydroxylamine groups is 1. The van der Waals surface area contributed by atoms with Crippen molar-refractivity contribution >= 4 is 34.0 Å².